The van der Waals surface area contributed by atoms with Crippen molar-refractivity contribution in [3.63, 3.8) is 0 Å². The van der Waals surface area contributed by atoms with Crippen LogP contribution in [0.15, 0.2) is 199 Å². The van der Waals surface area contributed by atoms with Gasteiger partial charge < -0.3 is 4.90 Å². The lowest BCUT2D eigenvalue weighted by atomic mass is 9.70. The van der Waals surface area contributed by atoms with Crippen molar-refractivity contribution in [2.75, 3.05) is 4.90 Å². The third-order valence-corrected chi connectivity index (χ3v) is 11.3. The topological polar surface area (TPSA) is 3.24 Å². The van der Waals surface area contributed by atoms with Crippen molar-refractivity contribution in [1.82, 2.24) is 0 Å². The van der Waals surface area contributed by atoms with Gasteiger partial charge in [-0.25, -0.2) is 0 Å². The number of rotatable bonds is 5. The van der Waals surface area contributed by atoms with Crippen LogP contribution >= 0.6 is 15.9 Å². The first-order valence-electron chi connectivity index (χ1n) is 17.5. The molecule has 2 aliphatic rings. The molecule has 0 radical (unpaired) electrons. The number of hydrogen-bond acceptors (Lipinski definition) is 1. The SMILES string of the molecule is Brc1ccc(-c2ccc(N(c3ccccc3-c3ccccc3)c3cccc4c3-c3ccccc3C43c4ccccc4-c4ccccc43)cc2)cc1. The molecule has 240 valence electrons. The molecule has 8 aromatic carbocycles. The molecule has 0 bridgehead atoms. The Hall–Kier alpha value is -5.96. The second-order valence-corrected chi connectivity index (χ2v) is 14.3. The molecule has 0 unspecified atom stereocenters. The minimum atomic E-state index is -0.412. The number of para-hydroxylation sites is 1. The molecule has 0 aliphatic heterocycles. The fourth-order valence-electron chi connectivity index (χ4n) is 8.69. The molecule has 51 heavy (non-hydrogen) atoms. The van der Waals surface area contributed by atoms with Gasteiger partial charge in [0.1, 0.15) is 0 Å². The lowest BCUT2D eigenvalue weighted by Gasteiger charge is -2.32. The Labute approximate surface area is 307 Å². The summed E-state index contributed by atoms with van der Waals surface area (Å²) in [7, 11) is 0. The number of benzene rings is 8. The average molecular weight is 715 g/mol. The van der Waals surface area contributed by atoms with Crippen LogP contribution < -0.4 is 4.90 Å². The van der Waals surface area contributed by atoms with Gasteiger partial charge in [-0.1, -0.05) is 174 Å². The molecule has 1 nitrogen and oxygen atoms in total. The van der Waals surface area contributed by atoms with Gasteiger partial charge in [-0.3, -0.25) is 0 Å². The molecule has 2 heteroatoms. The second kappa shape index (κ2) is 11.8. The molecule has 2 aliphatic carbocycles. The summed E-state index contributed by atoms with van der Waals surface area (Å²) in [5.41, 5.74) is 18.3. The lowest BCUT2D eigenvalue weighted by Crippen LogP contribution is -2.26. The van der Waals surface area contributed by atoms with E-state index in [1.165, 1.54) is 72.4 Å². The van der Waals surface area contributed by atoms with E-state index in [0.29, 0.717) is 0 Å². The van der Waals surface area contributed by atoms with E-state index in [0.717, 1.165) is 15.8 Å². The van der Waals surface area contributed by atoms with Crippen LogP contribution in [0.4, 0.5) is 17.1 Å². The first-order chi connectivity index (χ1) is 25.2. The third-order valence-electron chi connectivity index (χ3n) is 10.8. The zero-order valence-electron chi connectivity index (χ0n) is 27.8. The van der Waals surface area contributed by atoms with Crippen molar-refractivity contribution in [3.05, 3.63) is 221 Å². The van der Waals surface area contributed by atoms with Crippen molar-refractivity contribution in [2.45, 2.75) is 5.41 Å². The Morgan fingerprint density at radius 1 is 0.333 bits per heavy atom. The molecule has 0 heterocycles. The lowest BCUT2D eigenvalue weighted by molar-refractivity contribution is 0.794. The number of fused-ring (bicyclic) bond motifs is 10. The van der Waals surface area contributed by atoms with E-state index in [1.807, 2.05) is 0 Å². The number of nitrogens with zero attached hydrogens (tertiary/aromatic N) is 1. The van der Waals surface area contributed by atoms with E-state index in [2.05, 4.69) is 215 Å². The van der Waals surface area contributed by atoms with E-state index in [4.69, 9.17) is 0 Å². The highest BCUT2D eigenvalue weighted by molar-refractivity contribution is 9.10. The van der Waals surface area contributed by atoms with Gasteiger partial charge >= 0.3 is 0 Å². The fourth-order valence-corrected chi connectivity index (χ4v) is 8.96. The van der Waals surface area contributed by atoms with Crippen LogP contribution in [0.1, 0.15) is 22.3 Å². The van der Waals surface area contributed by atoms with E-state index in [-0.39, 0.29) is 0 Å². The summed E-state index contributed by atoms with van der Waals surface area (Å²) in [6, 6.07) is 71.2. The number of halogens is 1. The van der Waals surface area contributed by atoms with Crippen molar-refractivity contribution in [1.29, 1.82) is 0 Å². The summed E-state index contributed by atoms with van der Waals surface area (Å²) in [6.07, 6.45) is 0. The van der Waals surface area contributed by atoms with Gasteiger partial charge in [0.15, 0.2) is 0 Å². The highest BCUT2D eigenvalue weighted by Gasteiger charge is 2.52. The van der Waals surface area contributed by atoms with Crippen LogP contribution in [0.5, 0.6) is 0 Å². The standard InChI is InChI=1S/C49H32BrN/c50-36-29-25-33(26-30-36)34-27-31-37(32-28-34)51(46-23-11-7-15-38(46)35-13-2-1-3-14-35)47-24-12-22-45-48(47)41-18-6-10-21-44(41)49(45)42-19-8-4-16-39(42)40-17-5-9-20-43(40)49/h1-32H. The second-order valence-electron chi connectivity index (χ2n) is 13.4. The van der Waals surface area contributed by atoms with E-state index in [9.17, 15) is 0 Å². The Bertz CT molecular complexity index is 2540. The molecule has 0 amide bonds. The zero-order valence-corrected chi connectivity index (χ0v) is 29.4. The Morgan fingerprint density at radius 2 is 0.804 bits per heavy atom. The number of hydrogen-bond donors (Lipinski definition) is 0. The molecule has 0 saturated carbocycles. The van der Waals surface area contributed by atoms with Gasteiger partial charge in [0.05, 0.1) is 16.8 Å². The minimum Gasteiger partial charge on any atom is -0.309 e. The van der Waals surface area contributed by atoms with Gasteiger partial charge in [-0.05, 0) is 92.0 Å². The quantitative estimate of drug-likeness (QED) is 0.172. The monoisotopic (exact) mass is 713 g/mol. The van der Waals surface area contributed by atoms with Crippen LogP contribution in [0, 0.1) is 0 Å². The van der Waals surface area contributed by atoms with Gasteiger partial charge in [0, 0.05) is 21.3 Å². The highest BCUT2D eigenvalue weighted by atomic mass is 79.9. The van der Waals surface area contributed by atoms with Gasteiger partial charge in [-0.15, -0.1) is 0 Å². The van der Waals surface area contributed by atoms with E-state index >= 15 is 0 Å². The molecule has 1 spiro atoms. The Morgan fingerprint density at radius 3 is 1.45 bits per heavy atom. The molecule has 8 aromatic rings. The predicted octanol–water partition coefficient (Wildman–Crippen LogP) is 13.6. The first-order valence-corrected chi connectivity index (χ1v) is 18.3. The van der Waals surface area contributed by atoms with Crippen LogP contribution in [0.2, 0.25) is 0 Å². The van der Waals surface area contributed by atoms with Crippen molar-refractivity contribution >= 4 is 33.0 Å². The Balaban J connectivity index is 1.26. The molecule has 0 fully saturated rings. The van der Waals surface area contributed by atoms with Crippen molar-refractivity contribution in [3.8, 4) is 44.5 Å². The van der Waals surface area contributed by atoms with Gasteiger partial charge in [0.2, 0.25) is 0 Å². The van der Waals surface area contributed by atoms with Gasteiger partial charge in [-0.2, -0.15) is 0 Å². The zero-order chi connectivity index (χ0) is 33.9. The van der Waals surface area contributed by atoms with Crippen LogP contribution in [0.25, 0.3) is 44.5 Å². The van der Waals surface area contributed by atoms with E-state index in [1.54, 1.807) is 0 Å². The van der Waals surface area contributed by atoms with E-state index < -0.39 is 5.41 Å². The van der Waals surface area contributed by atoms with Crippen LogP contribution in [-0.4, -0.2) is 0 Å². The maximum Gasteiger partial charge on any atom is 0.0726 e. The summed E-state index contributed by atoms with van der Waals surface area (Å²) >= 11 is 3.60. The molecular formula is C49H32BrN. The Kier molecular flexibility index (Phi) is 6.94. The summed E-state index contributed by atoms with van der Waals surface area (Å²) in [5.74, 6) is 0. The maximum atomic E-state index is 3.60. The smallest absolute Gasteiger partial charge is 0.0726 e. The molecule has 0 saturated heterocycles. The molecule has 0 N–H and O–H groups in total. The molecular weight excluding hydrogens is 682 g/mol. The maximum absolute atomic E-state index is 3.60. The molecule has 10 rings (SSSR count). The predicted molar refractivity (Wildman–Crippen MR) is 216 cm³/mol. The minimum absolute atomic E-state index is 0.412. The summed E-state index contributed by atoms with van der Waals surface area (Å²) in [4.78, 5) is 2.48. The van der Waals surface area contributed by atoms with Crippen molar-refractivity contribution < 1.29 is 0 Å². The third kappa shape index (κ3) is 4.46. The van der Waals surface area contributed by atoms with Crippen molar-refractivity contribution in [2.24, 2.45) is 0 Å². The summed E-state index contributed by atoms with van der Waals surface area (Å²) in [6.45, 7) is 0. The first kappa shape index (κ1) is 29.9. The summed E-state index contributed by atoms with van der Waals surface area (Å²) in [5, 5.41) is 0. The van der Waals surface area contributed by atoms with Crippen LogP contribution in [-0.2, 0) is 5.41 Å². The number of anilines is 3. The molecule has 0 atom stereocenters. The fraction of sp³-hybridized carbons (Fsp3) is 0.0204. The average Bonchev–Trinajstić information content (AvgIpc) is 3.67. The van der Waals surface area contributed by atoms with Crippen LogP contribution in [0.3, 0.4) is 0 Å². The largest absolute Gasteiger partial charge is 0.309 e. The highest BCUT2D eigenvalue weighted by Crippen LogP contribution is 2.64. The summed E-state index contributed by atoms with van der Waals surface area (Å²) < 4.78 is 1.08. The molecule has 0 aromatic heterocycles. The van der Waals surface area contributed by atoms with Gasteiger partial charge in [0.25, 0.3) is 0 Å². The normalized spacial score (nSPS) is 13.0.